The van der Waals surface area contributed by atoms with E-state index in [1.807, 2.05) is 11.8 Å². The highest BCUT2D eigenvalue weighted by Gasteiger charge is 2.32. The minimum Gasteiger partial charge on any atom is -0.494 e. The summed E-state index contributed by atoms with van der Waals surface area (Å²) in [6, 6.07) is 4.42. The molecule has 2 heterocycles. The average Bonchev–Trinajstić information content (AvgIpc) is 3.52. The molecule has 3 aliphatic rings. The quantitative estimate of drug-likeness (QED) is 0.296. The van der Waals surface area contributed by atoms with Crippen LogP contribution in [0.2, 0.25) is 0 Å². The van der Waals surface area contributed by atoms with Crippen LogP contribution in [-0.2, 0) is 17.8 Å². The number of halogens is 1. The van der Waals surface area contributed by atoms with E-state index in [2.05, 4.69) is 36.6 Å². The van der Waals surface area contributed by atoms with E-state index in [9.17, 15) is 4.79 Å². The number of ether oxygens (including phenoxy) is 2. The summed E-state index contributed by atoms with van der Waals surface area (Å²) < 4.78 is 11.8. The first-order chi connectivity index (χ1) is 15.6. The van der Waals surface area contributed by atoms with Crippen LogP contribution in [0.3, 0.4) is 0 Å². The monoisotopic (exact) mass is 570 g/mol. The number of hydrogen-bond donors (Lipinski definition) is 2. The van der Waals surface area contributed by atoms with Gasteiger partial charge in [-0.25, -0.2) is 4.99 Å². The molecule has 2 N–H and O–H groups in total. The van der Waals surface area contributed by atoms with Crippen LogP contribution in [0.25, 0.3) is 0 Å². The van der Waals surface area contributed by atoms with Gasteiger partial charge in [-0.1, -0.05) is 12.8 Å². The molecule has 2 unspecified atom stereocenters. The van der Waals surface area contributed by atoms with Crippen LogP contribution in [0.4, 0.5) is 0 Å². The third-order valence-corrected chi connectivity index (χ3v) is 6.68. The number of carbonyl (C=O) groups excluding carboxylic acids is 1. The molecule has 0 spiro atoms. The van der Waals surface area contributed by atoms with Gasteiger partial charge in [-0.3, -0.25) is 4.79 Å². The smallest absolute Gasteiger partial charge is 0.225 e. The number of guanidine groups is 1. The second-order valence-corrected chi connectivity index (χ2v) is 9.22. The lowest BCUT2D eigenvalue weighted by atomic mass is 10.1. The fourth-order valence-corrected chi connectivity index (χ4v) is 5.08. The van der Waals surface area contributed by atoms with Gasteiger partial charge in [-0.2, -0.15) is 0 Å². The van der Waals surface area contributed by atoms with E-state index in [0.717, 1.165) is 68.3 Å². The zero-order valence-corrected chi connectivity index (χ0v) is 22.5. The second kappa shape index (κ2) is 12.1. The van der Waals surface area contributed by atoms with Crippen molar-refractivity contribution in [3.05, 3.63) is 23.3 Å². The zero-order valence-electron chi connectivity index (χ0n) is 20.2. The zero-order chi connectivity index (χ0) is 22.5. The van der Waals surface area contributed by atoms with Gasteiger partial charge in [0.15, 0.2) is 5.96 Å². The SMILES string of the molecule is CCNC(=NCc1cc2c(cc1OCC)CC(C)O2)NC1CCN(C(=O)C2CCCC2)C1.I. The summed E-state index contributed by atoms with van der Waals surface area (Å²) in [5.41, 5.74) is 2.23. The van der Waals surface area contributed by atoms with Crippen molar-refractivity contribution in [2.24, 2.45) is 10.9 Å². The maximum absolute atomic E-state index is 12.8. The first-order valence-corrected chi connectivity index (χ1v) is 12.4. The molecule has 2 aliphatic heterocycles. The van der Waals surface area contributed by atoms with Crippen molar-refractivity contribution in [1.82, 2.24) is 15.5 Å². The largest absolute Gasteiger partial charge is 0.494 e. The van der Waals surface area contributed by atoms with Crippen molar-refractivity contribution in [1.29, 1.82) is 0 Å². The normalized spacial score (nSPS) is 22.5. The number of nitrogens with one attached hydrogen (secondary N) is 2. The molecule has 0 aromatic heterocycles. The number of rotatable bonds is 7. The Morgan fingerprint density at radius 2 is 2.03 bits per heavy atom. The van der Waals surface area contributed by atoms with E-state index >= 15 is 0 Å². The molecule has 184 valence electrons. The van der Waals surface area contributed by atoms with Gasteiger partial charge in [-0.15, -0.1) is 24.0 Å². The Bertz CT molecular complexity index is 841. The topological polar surface area (TPSA) is 75.2 Å². The Morgan fingerprint density at radius 1 is 1.24 bits per heavy atom. The highest BCUT2D eigenvalue weighted by Crippen LogP contribution is 2.35. The van der Waals surface area contributed by atoms with Crippen LogP contribution >= 0.6 is 24.0 Å². The van der Waals surface area contributed by atoms with E-state index in [0.29, 0.717) is 19.1 Å². The van der Waals surface area contributed by atoms with Crippen LogP contribution < -0.4 is 20.1 Å². The lowest BCUT2D eigenvalue weighted by Gasteiger charge is -2.21. The molecule has 1 saturated carbocycles. The minimum atomic E-state index is 0. The van der Waals surface area contributed by atoms with Crippen molar-refractivity contribution in [2.45, 2.75) is 78.0 Å². The van der Waals surface area contributed by atoms with Gasteiger partial charge in [0.2, 0.25) is 5.91 Å². The molecule has 7 nitrogen and oxygen atoms in total. The minimum absolute atomic E-state index is 0. The molecule has 1 saturated heterocycles. The summed E-state index contributed by atoms with van der Waals surface area (Å²) in [7, 11) is 0. The molecule has 1 amide bonds. The van der Waals surface area contributed by atoms with Gasteiger partial charge < -0.3 is 25.0 Å². The lowest BCUT2D eigenvalue weighted by Crippen LogP contribution is -2.45. The predicted octanol–water partition coefficient (Wildman–Crippen LogP) is 3.87. The van der Waals surface area contributed by atoms with Crippen molar-refractivity contribution >= 4 is 35.8 Å². The fourth-order valence-electron chi connectivity index (χ4n) is 5.08. The van der Waals surface area contributed by atoms with Gasteiger partial charge in [0, 0.05) is 49.1 Å². The molecule has 2 fully saturated rings. The highest BCUT2D eigenvalue weighted by molar-refractivity contribution is 14.0. The Hall–Kier alpha value is -1.71. The summed E-state index contributed by atoms with van der Waals surface area (Å²) in [5.74, 6) is 3.21. The lowest BCUT2D eigenvalue weighted by molar-refractivity contribution is -0.134. The van der Waals surface area contributed by atoms with Gasteiger partial charge in [-0.05, 0) is 52.2 Å². The molecule has 4 rings (SSSR count). The highest BCUT2D eigenvalue weighted by atomic mass is 127. The summed E-state index contributed by atoms with van der Waals surface area (Å²) in [6.45, 7) is 9.67. The van der Waals surface area contributed by atoms with Gasteiger partial charge >= 0.3 is 0 Å². The molecule has 0 bridgehead atoms. The number of carbonyl (C=O) groups is 1. The van der Waals surface area contributed by atoms with Crippen LogP contribution in [0.15, 0.2) is 17.1 Å². The molecule has 1 aromatic carbocycles. The van der Waals surface area contributed by atoms with E-state index in [4.69, 9.17) is 14.5 Å². The van der Waals surface area contributed by atoms with Crippen LogP contribution in [0.5, 0.6) is 11.5 Å². The molecule has 2 atom stereocenters. The van der Waals surface area contributed by atoms with Crippen LogP contribution in [0.1, 0.15) is 64.0 Å². The van der Waals surface area contributed by atoms with Crippen molar-refractivity contribution in [2.75, 3.05) is 26.2 Å². The fraction of sp³-hybridized carbons (Fsp3) is 0.680. The second-order valence-electron chi connectivity index (χ2n) is 9.22. The first kappa shape index (κ1) is 25.9. The number of aliphatic imine (C=N–C) groups is 1. The molecular weight excluding hydrogens is 531 g/mol. The van der Waals surface area contributed by atoms with E-state index < -0.39 is 0 Å². The number of amides is 1. The summed E-state index contributed by atoms with van der Waals surface area (Å²) in [5, 5.41) is 6.90. The van der Waals surface area contributed by atoms with Crippen LogP contribution in [-0.4, -0.2) is 55.2 Å². The van der Waals surface area contributed by atoms with E-state index in [1.54, 1.807) is 0 Å². The predicted molar refractivity (Wildman–Crippen MR) is 142 cm³/mol. The molecule has 33 heavy (non-hydrogen) atoms. The van der Waals surface area contributed by atoms with Crippen molar-refractivity contribution in [3.63, 3.8) is 0 Å². The summed E-state index contributed by atoms with van der Waals surface area (Å²) in [4.78, 5) is 19.6. The number of benzene rings is 1. The Morgan fingerprint density at radius 3 is 2.76 bits per heavy atom. The maximum atomic E-state index is 12.8. The number of nitrogens with zero attached hydrogens (tertiary/aromatic N) is 2. The Kier molecular flexibility index (Phi) is 9.52. The number of likely N-dealkylation sites (tertiary alicyclic amines) is 1. The summed E-state index contributed by atoms with van der Waals surface area (Å²) >= 11 is 0. The molecule has 0 radical (unpaired) electrons. The van der Waals surface area contributed by atoms with Gasteiger partial charge in [0.05, 0.1) is 13.2 Å². The third-order valence-electron chi connectivity index (χ3n) is 6.68. The van der Waals surface area contributed by atoms with Gasteiger partial charge in [0.25, 0.3) is 0 Å². The van der Waals surface area contributed by atoms with E-state index in [1.165, 1.54) is 18.4 Å². The molecule has 1 aliphatic carbocycles. The van der Waals surface area contributed by atoms with Crippen molar-refractivity contribution < 1.29 is 14.3 Å². The van der Waals surface area contributed by atoms with Gasteiger partial charge in [0.1, 0.15) is 17.6 Å². The maximum Gasteiger partial charge on any atom is 0.225 e. The number of hydrogen-bond acceptors (Lipinski definition) is 4. The molecular formula is C25H39IN4O3. The Balaban J connectivity index is 0.00000306. The first-order valence-electron chi connectivity index (χ1n) is 12.4. The standard InChI is InChI=1S/C25H38N4O3.HI/c1-4-26-25(28-21-10-11-29(16-21)24(30)18-8-6-7-9-18)27-15-20-14-23-19(12-17(3)32-23)13-22(20)31-5-2;/h13-14,17-18,21H,4-12,15-16H2,1-3H3,(H2,26,27,28);1H. The Labute approximate surface area is 215 Å². The van der Waals surface area contributed by atoms with Crippen LogP contribution in [0, 0.1) is 5.92 Å². The van der Waals surface area contributed by atoms with E-state index in [-0.39, 0.29) is 42.0 Å². The van der Waals surface area contributed by atoms with Crippen molar-refractivity contribution in [3.8, 4) is 11.5 Å². The number of fused-ring (bicyclic) bond motifs is 1. The average molecular weight is 571 g/mol. The summed E-state index contributed by atoms with van der Waals surface area (Å²) in [6.07, 6.45) is 6.58. The molecule has 1 aromatic rings. The third kappa shape index (κ3) is 6.45. The molecule has 8 heteroatoms.